The zero-order valence-electron chi connectivity index (χ0n) is 8.68. The predicted molar refractivity (Wildman–Crippen MR) is 53.1 cm³/mol. The van der Waals surface area contributed by atoms with Gasteiger partial charge in [0, 0.05) is 12.8 Å². The molecule has 0 aliphatic heterocycles. The molecule has 70 valence electrons. The molecule has 1 atom stereocenters. The van der Waals surface area contributed by atoms with E-state index in [1.54, 1.807) is 0 Å². The topological polar surface area (TPSA) is 17.1 Å². The van der Waals surface area contributed by atoms with Gasteiger partial charge in [-0.3, -0.25) is 4.79 Å². The van der Waals surface area contributed by atoms with Gasteiger partial charge in [0.25, 0.3) is 0 Å². The van der Waals surface area contributed by atoms with Crippen LogP contribution in [0.25, 0.3) is 0 Å². The molecule has 1 heteroatoms. The van der Waals surface area contributed by atoms with E-state index in [0.717, 1.165) is 0 Å². The summed E-state index contributed by atoms with van der Waals surface area (Å²) >= 11 is 0. The molecule has 0 heterocycles. The van der Waals surface area contributed by atoms with E-state index in [1.165, 1.54) is 0 Å². The van der Waals surface area contributed by atoms with E-state index in [2.05, 4.69) is 27.4 Å². The number of allylic oxidation sites excluding steroid dienone is 1. The van der Waals surface area contributed by atoms with E-state index in [-0.39, 0.29) is 5.41 Å². The Morgan fingerprint density at radius 2 is 2.08 bits per heavy atom. The largest absolute Gasteiger partial charge is 0.300 e. The Hall–Kier alpha value is -0.590. The summed E-state index contributed by atoms with van der Waals surface area (Å²) < 4.78 is 0. The molecule has 0 aromatic carbocycles. The molecule has 0 aromatic heterocycles. The number of Topliss-reactive ketones (excluding diaryl/α,β-unsaturated/α-hetero) is 1. The molecule has 1 nitrogen and oxygen atoms in total. The third kappa shape index (κ3) is 3.21. The van der Waals surface area contributed by atoms with Crippen LogP contribution in [0.1, 0.15) is 40.5 Å². The fourth-order valence-corrected chi connectivity index (χ4v) is 0.950. The first-order chi connectivity index (χ1) is 5.44. The van der Waals surface area contributed by atoms with Crippen molar-refractivity contribution in [3.05, 3.63) is 12.7 Å². The average molecular weight is 168 g/mol. The summed E-state index contributed by atoms with van der Waals surface area (Å²) in [6.07, 6.45) is 3.26. The maximum Gasteiger partial charge on any atom is 0.132 e. The van der Waals surface area contributed by atoms with Crippen LogP contribution in [0.4, 0.5) is 0 Å². The van der Waals surface area contributed by atoms with Gasteiger partial charge in [0.05, 0.1) is 0 Å². The lowest BCUT2D eigenvalue weighted by Gasteiger charge is -2.27. The van der Waals surface area contributed by atoms with E-state index in [9.17, 15) is 4.79 Å². The van der Waals surface area contributed by atoms with Crippen molar-refractivity contribution in [3.8, 4) is 0 Å². The van der Waals surface area contributed by atoms with Crippen molar-refractivity contribution in [2.24, 2.45) is 11.3 Å². The van der Waals surface area contributed by atoms with Gasteiger partial charge in [-0.25, -0.2) is 0 Å². The maximum absolute atomic E-state index is 11.2. The molecule has 0 rings (SSSR count). The summed E-state index contributed by atoms with van der Waals surface area (Å²) in [5.74, 6) is 0.736. The van der Waals surface area contributed by atoms with Crippen LogP contribution in [0.2, 0.25) is 0 Å². The fraction of sp³-hybridized carbons (Fsp3) is 0.727. The van der Waals surface area contributed by atoms with Crippen molar-refractivity contribution in [1.29, 1.82) is 0 Å². The van der Waals surface area contributed by atoms with Gasteiger partial charge < -0.3 is 0 Å². The Balaban J connectivity index is 4.11. The summed E-state index contributed by atoms with van der Waals surface area (Å²) in [4.78, 5) is 11.2. The summed E-state index contributed by atoms with van der Waals surface area (Å²) in [5, 5.41) is 0. The molecule has 12 heavy (non-hydrogen) atoms. The first-order valence-corrected chi connectivity index (χ1v) is 4.59. The van der Waals surface area contributed by atoms with E-state index < -0.39 is 0 Å². The van der Waals surface area contributed by atoms with Gasteiger partial charge in [0.15, 0.2) is 0 Å². The lowest BCUT2D eigenvalue weighted by Crippen LogP contribution is -2.21. The van der Waals surface area contributed by atoms with Crippen molar-refractivity contribution in [2.45, 2.75) is 40.5 Å². The summed E-state index contributed by atoms with van der Waals surface area (Å²) in [7, 11) is 0. The number of rotatable bonds is 5. The van der Waals surface area contributed by atoms with Gasteiger partial charge in [-0.15, -0.1) is 6.58 Å². The van der Waals surface area contributed by atoms with Gasteiger partial charge in [-0.05, 0) is 11.3 Å². The van der Waals surface area contributed by atoms with Crippen molar-refractivity contribution in [3.63, 3.8) is 0 Å². The highest BCUT2D eigenvalue weighted by Crippen LogP contribution is 2.30. The van der Waals surface area contributed by atoms with Gasteiger partial charge in [-0.2, -0.15) is 0 Å². The highest BCUT2D eigenvalue weighted by Gasteiger charge is 2.23. The van der Waals surface area contributed by atoms with Crippen molar-refractivity contribution in [2.75, 3.05) is 0 Å². The molecule has 0 saturated carbocycles. The van der Waals surface area contributed by atoms with Crippen LogP contribution in [0.3, 0.4) is 0 Å². The van der Waals surface area contributed by atoms with Crippen molar-refractivity contribution < 1.29 is 4.79 Å². The van der Waals surface area contributed by atoms with Crippen LogP contribution in [0.5, 0.6) is 0 Å². The summed E-state index contributed by atoms with van der Waals surface area (Å²) in [6, 6.07) is 0. The molecule has 0 amide bonds. The predicted octanol–water partition coefficient (Wildman–Crippen LogP) is 3.20. The zero-order chi connectivity index (χ0) is 9.78. The minimum absolute atomic E-state index is 0.0742. The van der Waals surface area contributed by atoms with E-state index >= 15 is 0 Å². The van der Waals surface area contributed by atoms with E-state index in [4.69, 9.17) is 0 Å². The maximum atomic E-state index is 11.2. The summed E-state index contributed by atoms with van der Waals surface area (Å²) in [6.45, 7) is 12.0. The summed E-state index contributed by atoms with van der Waals surface area (Å²) in [5.41, 5.74) is 0.0742. The van der Waals surface area contributed by atoms with Crippen LogP contribution in [-0.2, 0) is 4.79 Å². The Morgan fingerprint density at radius 1 is 1.58 bits per heavy atom. The van der Waals surface area contributed by atoms with Crippen LogP contribution in [0.15, 0.2) is 12.7 Å². The van der Waals surface area contributed by atoms with E-state index in [0.29, 0.717) is 24.5 Å². The third-order valence-corrected chi connectivity index (χ3v) is 2.72. The highest BCUT2D eigenvalue weighted by atomic mass is 16.1. The first-order valence-electron chi connectivity index (χ1n) is 4.59. The van der Waals surface area contributed by atoms with Crippen LogP contribution < -0.4 is 0 Å². The molecule has 0 saturated heterocycles. The molecule has 0 aliphatic carbocycles. The molecular formula is C11H20O. The first kappa shape index (κ1) is 11.4. The second-order valence-electron chi connectivity index (χ2n) is 4.02. The minimum Gasteiger partial charge on any atom is -0.300 e. The van der Waals surface area contributed by atoms with Crippen molar-refractivity contribution >= 4 is 5.78 Å². The number of ketones is 1. The molecule has 0 radical (unpaired) electrons. The number of hydrogen-bond donors (Lipinski definition) is 0. The Morgan fingerprint density at radius 3 is 2.42 bits per heavy atom. The van der Waals surface area contributed by atoms with Crippen molar-refractivity contribution in [1.82, 2.24) is 0 Å². The quantitative estimate of drug-likeness (QED) is 0.576. The monoisotopic (exact) mass is 168 g/mol. The minimum atomic E-state index is 0.0742. The normalized spacial score (nSPS) is 14.0. The van der Waals surface area contributed by atoms with E-state index in [1.807, 2.05) is 13.0 Å². The molecule has 1 unspecified atom stereocenters. The third-order valence-electron chi connectivity index (χ3n) is 2.72. The number of hydrogen-bond acceptors (Lipinski definition) is 1. The molecular weight excluding hydrogens is 148 g/mol. The van der Waals surface area contributed by atoms with Gasteiger partial charge in [0.1, 0.15) is 5.78 Å². The lowest BCUT2D eigenvalue weighted by atomic mass is 9.77. The second-order valence-corrected chi connectivity index (χ2v) is 4.02. The molecule has 0 fully saturated rings. The Kier molecular flexibility index (Phi) is 4.22. The Labute approximate surface area is 75.9 Å². The Bertz CT molecular complexity index is 168. The lowest BCUT2D eigenvalue weighted by molar-refractivity contribution is -0.120. The highest BCUT2D eigenvalue weighted by molar-refractivity contribution is 5.78. The van der Waals surface area contributed by atoms with Crippen LogP contribution >= 0.6 is 0 Å². The van der Waals surface area contributed by atoms with Gasteiger partial charge in [-0.1, -0.05) is 33.8 Å². The average Bonchev–Trinajstić information content (AvgIpc) is 2.04. The van der Waals surface area contributed by atoms with Crippen LogP contribution in [0, 0.1) is 11.3 Å². The van der Waals surface area contributed by atoms with Crippen LogP contribution in [-0.4, -0.2) is 5.78 Å². The molecule has 0 N–H and O–H groups in total. The zero-order valence-corrected chi connectivity index (χ0v) is 8.68. The molecule has 0 spiro atoms. The fourth-order valence-electron chi connectivity index (χ4n) is 0.950. The smallest absolute Gasteiger partial charge is 0.132 e. The second kappa shape index (κ2) is 4.44. The number of carbonyl (C=O) groups is 1. The van der Waals surface area contributed by atoms with Gasteiger partial charge in [0.2, 0.25) is 0 Å². The standard InChI is InChI=1S/C11H20O/c1-6-10(12)8-9(3)11(4,5)7-2/h7,9H,2,6,8H2,1,3-5H3. The molecule has 0 bridgehead atoms. The number of carbonyl (C=O) groups excluding carboxylic acids is 1. The van der Waals surface area contributed by atoms with Gasteiger partial charge >= 0.3 is 0 Å². The molecule has 0 aromatic rings. The molecule has 0 aliphatic rings. The SMILES string of the molecule is C=CC(C)(C)C(C)CC(=O)CC.